The predicted octanol–water partition coefficient (Wildman–Crippen LogP) is 6.02. The average Bonchev–Trinajstić information content (AvgIpc) is 3.11. The smallest absolute Gasteiger partial charge is 0.247 e. The quantitative estimate of drug-likeness (QED) is 0.418. The van der Waals surface area contributed by atoms with E-state index in [1.54, 1.807) is 4.90 Å². The Kier molecular flexibility index (Phi) is 8.08. The zero-order chi connectivity index (χ0) is 23.2. The molecule has 0 radical (unpaired) electrons. The molecule has 33 heavy (non-hydrogen) atoms. The molecule has 0 aromatic heterocycles. The standard InChI is InChI=1S/C28H35ClN2O2/c1-20-15-17-22(18-16-20)27(28(33)30-23-11-4-2-3-5-12-23)31(26(32)19-29)25-14-8-10-21-9-6-7-13-24(21)25/h6-7,9,13,15-18,23,25,27H,2-5,8,10-12,14,19H2,1H3,(H,30,33)/t25-,27+/m0/s1. The monoisotopic (exact) mass is 466 g/mol. The van der Waals surface area contributed by atoms with Gasteiger partial charge >= 0.3 is 0 Å². The number of benzene rings is 2. The van der Waals surface area contributed by atoms with Crippen molar-refractivity contribution in [3.05, 3.63) is 70.8 Å². The number of fused-ring (bicyclic) bond motifs is 1. The minimum absolute atomic E-state index is 0.0905. The van der Waals surface area contributed by atoms with Crippen LogP contribution in [0.15, 0.2) is 48.5 Å². The van der Waals surface area contributed by atoms with Gasteiger partial charge in [0.05, 0.1) is 6.04 Å². The number of hydrogen-bond donors (Lipinski definition) is 1. The summed E-state index contributed by atoms with van der Waals surface area (Å²) < 4.78 is 0. The molecule has 2 atom stereocenters. The highest BCUT2D eigenvalue weighted by molar-refractivity contribution is 6.27. The van der Waals surface area contributed by atoms with Gasteiger partial charge in [-0.05, 0) is 55.7 Å². The zero-order valence-electron chi connectivity index (χ0n) is 19.6. The van der Waals surface area contributed by atoms with E-state index in [2.05, 4.69) is 17.4 Å². The fourth-order valence-electron chi connectivity index (χ4n) is 5.47. The Balaban J connectivity index is 1.73. The molecule has 1 N–H and O–H groups in total. The maximum absolute atomic E-state index is 13.9. The number of carbonyl (C=O) groups is 2. The van der Waals surface area contributed by atoms with E-state index in [4.69, 9.17) is 11.6 Å². The number of aryl methyl sites for hydroxylation is 2. The van der Waals surface area contributed by atoms with Crippen molar-refractivity contribution in [2.45, 2.75) is 82.8 Å². The second-order valence-corrected chi connectivity index (χ2v) is 9.82. The topological polar surface area (TPSA) is 49.4 Å². The van der Waals surface area contributed by atoms with Crippen LogP contribution in [-0.2, 0) is 16.0 Å². The van der Waals surface area contributed by atoms with Crippen LogP contribution in [-0.4, -0.2) is 28.6 Å². The van der Waals surface area contributed by atoms with Gasteiger partial charge in [-0.3, -0.25) is 9.59 Å². The molecule has 0 aliphatic heterocycles. The fourth-order valence-corrected chi connectivity index (χ4v) is 5.61. The fraction of sp³-hybridized carbons (Fsp3) is 0.500. The number of rotatable bonds is 6. The largest absolute Gasteiger partial charge is 0.351 e. The lowest BCUT2D eigenvalue weighted by Gasteiger charge is -2.40. The molecule has 2 aromatic carbocycles. The first-order valence-corrected chi connectivity index (χ1v) is 12.9. The van der Waals surface area contributed by atoms with Crippen molar-refractivity contribution in [3.8, 4) is 0 Å². The van der Waals surface area contributed by atoms with Crippen LogP contribution in [0.3, 0.4) is 0 Å². The summed E-state index contributed by atoms with van der Waals surface area (Å²) in [6, 6.07) is 15.6. The van der Waals surface area contributed by atoms with Gasteiger partial charge in [0.25, 0.3) is 0 Å². The molecular formula is C28H35ClN2O2. The van der Waals surface area contributed by atoms with Crippen LogP contribution in [0.4, 0.5) is 0 Å². The molecule has 0 saturated heterocycles. The van der Waals surface area contributed by atoms with Crippen molar-refractivity contribution in [1.82, 2.24) is 10.2 Å². The van der Waals surface area contributed by atoms with E-state index in [1.165, 1.54) is 18.4 Å². The number of halogens is 1. The van der Waals surface area contributed by atoms with Crippen LogP contribution in [0.5, 0.6) is 0 Å². The van der Waals surface area contributed by atoms with Crippen LogP contribution >= 0.6 is 11.6 Å². The molecule has 2 amide bonds. The number of amides is 2. The van der Waals surface area contributed by atoms with E-state index in [1.807, 2.05) is 43.3 Å². The molecule has 2 aliphatic rings. The van der Waals surface area contributed by atoms with Crippen molar-refractivity contribution in [2.24, 2.45) is 0 Å². The molecule has 176 valence electrons. The lowest BCUT2D eigenvalue weighted by molar-refractivity contribution is -0.142. The minimum Gasteiger partial charge on any atom is -0.351 e. The summed E-state index contributed by atoms with van der Waals surface area (Å²) in [4.78, 5) is 29.0. The first kappa shape index (κ1) is 23.8. The maximum atomic E-state index is 13.9. The Hall–Kier alpha value is -2.33. The number of carbonyl (C=O) groups excluding carboxylic acids is 2. The van der Waals surface area contributed by atoms with Crippen molar-refractivity contribution < 1.29 is 9.59 Å². The predicted molar refractivity (Wildman–Crippen MR) is 133 cm³/mol. The minimum atomic E-state index is -0.698. The van der Waals surface area contributed by atoms with Gasteiger partial charge in [0.15, 0.2) is 0 Å². The molecule has 0 unspecified atom stereocenters. The van der Waals surface area contributed by atoms with Crippen LogP contribution < -0.4 is 5.32 Å². The molecule has 4 rings (SSSR count). The van der Waals surface area contributed by atoms with E-state index in [0.29, 0.717) is 0 Å². The summed E-state index contributed by atoms with van der Waals surface area (Å²) in [6.07, 6.45) is 9.55. The van der Waals surface area contributed by atoms with Gasteiger partial charge in [-0.25, -0.2) is 0 Å². The van der Waals surface area contributed by atoms with Gasteiger partial charge in [-0.1, -0.05) is 79.8 Å². The van der Waals surface area contributed by atoms with Gasteiger partial charge in [0.2, 0.25) is 11.8 Å². The molecule has 0 spiro atoms. The number of nitrogens with one attached hydrogen (secondary N) is 1. The Bertz CT molecular complexity index is 951. The summed E-state index contributed by atoms with van der Waals surface area (Å²) in [5.41, 5.74) is 4.36. The summed E-state index contributed by atoms with van der Waals surface area (Å²) in [5, 5.41) is 3.32. The normalized spacial score (nSPS) is 19.8. The van der Waals surface area contributed by atoms with Crippen molar-refractivity contribution in [1.29, 1.82) is 0 Å². The third-order valence-electron chi connectivity index (χ3n) is 7.20. The third kappa shape index (κ3) is 5.60. The van der Waals surface area contributed by atoms with Crippen LogP contribution in [0.1, 0.15) is 85.7 Å². The van der Waals surface area contributed by atoms with Gasteiger partial charge in [-0.2, -0.15) is 0 Å². The van der Waals surface area contributed by atoms with Gasteiger partial charge < -0.3 is 10.2 Å². The van der Waals surface area contributed by atoms with E-state index in [-0.39, 0.29) is 29.8 Å². The summed E-state index contributed by atoms with van der Waals surface area (Å²) in [5.74, 6) is -0.426. The van der Waals surface area contributed by atoms with E-state index >= 15 is 0 Å². The van der Waals surface area contributed by atoms with Gasteiger partial charge in [-0.15, -0.1) is 11.6 Å². The van der Waals surface area contributed by atoms with Crippen LogP contribution in [0.2, 0.25) is 0 Å². The van der Waals surface area contributed by atoms with E-state index in [0.717, 1.165) is 61.6 Å². The summed E-state index contributed by atoms with van der Waals surface area (Å²) >= 11 is 6.15. The summed E-state index contributed by atoms with van der Waals surface area (Å²) in [7, 11) is 0. The number of alkyl halides is 1. The second-order valence-electron chi connectivity index (χ2n) is 9.55. The van der Waals surface area contributed by atoms with Crippen LogP contribution in [0, 0.1) is 6.92 Å². The van der Waals surface area contributed by atoms with Crippen molar-refractivity contribution in [3.63, 3.8) is 0 Å². The lowest BCUT2D eigenvalue weighted by atomic mass is 9.85. The van der Waals surface area contributed by atoms with Gasteiger partial charge in [0.1, 0.15) is 11.9 Å². The Morgan fingerprint density at radius 2 is 1.67 bits per heavy atom. The summed E-state index contributed by atoms with van der Waals surface area (Å²) in [6.45, 7) is 2.03. The highest BCUT2D eigenvalue weighted by atomic mass is 35.5. The Morgan fingerprint density at radius 3 is 2.36 bits per heavy atom. The molecule has 2 aliphatic carbocycles. The Morgan fingerprint density at radius 1 is 0.970 bits per heavy atom. The second kappa shape index (κ2) is 11.2. The highest BCUT2D eigenvalue weighted by Crippen LogP contribution is 2.39. The first-order chi connectivity index (χ1) is 16.1. The highest BCUT2D eigenvalue weighted by Gasteiger charge is 2.38. The molecule has 1 saturated carbocycles. The van der Waals surface area contributed by atoms with Crippen molar-refractivity contribution >= 4 is 23.4 Å². The third-order valence-corrected chi connectivity index (χ3v) is 7.43. The molecule has 4 nitrogen and oxygen atoms in total. The molecule has 0 heterocycles. The Labute approximate surface area is 202 Å². The van der Waals surface area contributed by atoms with Crippen LogP contribution in [0.25, 0.3) is 0 Å². The molecule has 0 bridgehead atoms. The van der Waals surface area contributed by atoms with E-state index < -0.39 is 6.04 Å². The first-order valence-electron chi connectivity index (χ1n) is 12.4. The molecule has 5 heteroatoms. The SMILES string of the molecule is Cc1ccc([C@H](C(=O)NC2CCCCCC2)N(C(=O)CCl)[C@H]2CCCc3ccccc32)cc1. The number of hydrogen-bond acceptors (Lipinski definition) is 2. The van der Waals surface area contributed by atoms with Gasteiger partial charge in [0, 0.05) is 6.04 Å². The maximum Gasteiger partial charge on any atom is 0.247 e. The average molecular weight is 467 g/mol. The molecule has 1 fully saturated rings. The van der Waals surface area contributed by atoms with E-state index in [9.17, 15) is 9.59 Å². The molecular weight excluding hydrogens is 432 g/mol. The zero-order valence-corrected chi connectivity index (χ0v) is 20.3. The number of nitrogens with zero attached hydrogens (tertiary/aromatic N) is 1. The van der Waals surface area contributed by atoms with Crippen molar-refractivity contribution in [2.75, 3.05) is 5.88 Å². The lowest BCUT2D eigenvalue weighted by Crippen LogP contribution is -2.48. The molecule has 2 aromatic rings.